The Labute approximate surface area is 213 Å². The zero-order valence-electron chi connectivity index (χ0n) is 20.6. The Kier molecular flexibility index (Phi) is 5.52. The lowest BCUT2D eigenvalue weighted by Gasteiger charge is -2.38. The lowest BCUT2D eigenvalue weighted by molar-refractivity contribution is -0.452. The molecule has 1 N–H and O–H groups in total. The van der Waals surface area contributed by atoms with Gasteiger partial charge in [0, 0.05) is 42.9 Å². The monoisotopic (exact) mass is 508 g/mol. The molecule has 2 aromatic rings. The SMILES string of the molecule is CC(F)(F)c1ccc(CN2CCC3(CC2)COc2c3ccc3c2C=[N+](C2CCC(=O)NC2=O)C3=O)cc1. The summed E-state index contributed by atoms with van der Waals surface area (Å²) in [6.45, 7) is 3.83. The Balaban J connectivity index is 1.18. The fraction of sp³-hybridized carbons (Fsp3) is 0.429. The lowest BCUT2D eigenvalue weighted by atomic mass is 9.74. The van der Waals surface area contributed by atoms with Gasteiger partial charge in [-0.05, 0) is 37.6 Å². The van der Waals surface area contributed by atoms with Gasteiger partial charge in [0.2, 0.25) is 11.9 Å². The Morgan fingerprint density at radius 2 is 1.84 bits per heavy atom. The number of nitrogens with zero attached hydrogens (tertiary/aromatic N) is 2. The zero-order chi connectivity index (χ0) is 25.9. The predicted octanol–water partition coefficient (Wildman–Crippen LogP) is 3.11. The van der Waals surface area contributed by atoms with E-state index in [9.17, 15) is 23.2 Å². The summed E-state index contributed by atoms with van der Waals surface area (Å²) < 4.78 is 34.7. The number of benzene rings is 2. The molecular weight excluding hydrogens is 480 g/mol. The van der Waals surface area contributed by atoms with E-state index in [2.05, 4.69) is 10.2 Å². The van der Waals surface area contributed by atoms with Gasteiger partial charge in [0.15, 0.2) is 6.21 Å². The summed E-state index contributed by atoms with van der Waals surface area (Å²) >= 11 is 0. The summed E-state index contributed by atoms with van der Waals surface area (Å²) in [6.07, 6.45) is 3.97. The zero-order valence-corrected chi connectivity index (χ0v) is 20.6. The van der Waals surface area contributed by atoms with Gasteiger partial charge in [-0.15, -0.1) is 0 Å². The first-order chi connectivity index (χ1) is 17.6. The van der Waals surface area contributed by atoms with Crippen LogP contribution in [0.25, 0.3) is 0 Å². The highest BCUT2D eigenvalue weighted by atomic mass is 19.3. The molecule has 9 heteroatoms. The highest BCUT2D eigenvalue weighted by molar-refractivity contribution is 6.08. The highest BCUT2D eigenvalue weighted by Crippen LogP contribution is 2.48. The second kappa shape index (κ2) is 8.55. The van der Waals surface area contributed by atoms with Crippen molar-refractivity contribution in [3.63, 3.8) is 0 Å². The number of hydrogen-bond donors (Lipinski definition) is 1. The van der Waals surface area contributed by atoms with Crippen LogP contribution >= 0.6 is 0 Å². The number of alkyl halides is 2. The van der Waals surface area contributed by atoms with E-state index in [1.165, 1.54) is 16.7 Å². The standard InChI is InChI=1S/C28H27F2N3O4/c1-27(29,30)18-4-2-17(3-5-18)14-32-12-10-28(11-13-32)16-37-24-20-15-33(22-8-9-23(34)31-25(22)35)26(36)19(20)6-7-21(24)28/h2-7,15,22H,8-14,16H2,1H3/p+1. The molecule has 2 aromatic carbocycles. The number of carbonyl (C=O) groups is 3. The molecule has 1 atom stereocenters. The topological polar surface area (TPSA) is 78.7 Å². The van der Waals surface area contributed by atoms with Crippen LogP contribution in [-0.2, 0) is 27.5 Å². The number of hydrogen-bond acceptors (Lipinski definition) is 5. The Morgan fingerprint density at radius 1 is 1.11 bits per heavy atom. The van der Waals surface area contributed by atoms with Crippen LogP contribution in [0.1, 0.15) is 65.2 Å². The molecule has 7 nitrogen and oxygen atoms in total. The van der Waals surface area contributed by atoms with Gasteiger partial charge in [0.1, 0.15) is 11.3 Å². The summed E-state index contributed by atoms with van der Waals surface area (Å²) in [6, 6.07) is 9.65. The minimum absolute atomic E-state index is 0.0209. The molecule has 0 radical (unpaired) electrons. The fourth-order valence-corrected chi connectivity index (χ4v) is 6.01. The van der Waals surface area contributed by atoms with Gasteiger partial charge in [0.25, 0.3) is 11.8 Å². The Bertz CT molecular complexity index is 1340. The second-order valence-electron chi connectivity index (χ2n) is 10.6. The number of carbonyl (C=O) groups excluding carboxylic acids is 3. The molecule has 37 heavy (non-hydrogen) atoms. The number of amides is 3. The first-order valence-electron chi connectivity index (χ1n) is 12.7. The number of piperidine rings is 2. The molecule has 192 valence electrons. The minimum Gasteiger partial charge on any atom is -0.491 e. The third kappa shape index (κ3) is 4.05. The first kappa shape index (κ1) is 23.9. The van der Waals surface area contributed by atoms with E-state index in [-0.39, 0.29) is 29.2 Å². The largest absolute Gasteiger partial charge is 0.491 e. The summed E-state index contributed by atoms with van der Waals surface area (Å²) in [5.41, 5.74) is 3.19. The van der Waals surface area contributed by atoms with Gasteiger partial charge >= 0.3 is 5.91 Å². The van der Waals surface area contributed by atoms with E-state index in [4.69, 9.17) is 4.74 Å². The van der Waals surface area contributed by atoms with E-state index < -0.39 is 17.9 Å². The molecule has 3 amide bonds. The highest BCUT2D eigenvalue weighted by Gasteiger charge is 2.49. The Hall–Kier alpha value is -3.46. The molecule has 4 aliphatic heterocycles. The molecule has 1 spiro atoms. The van der Waals surface area contributed by atoms with E-state index in [0.717, 1.165) is 44.0 Å². The predicted molar refractivity (Wildman–Crippen MR) is 130 cm³/mol. The molecule has 2 fully saturated rings. The maximum absolute atomic E-state index is 13.5. The van der Waals surface area contributed by atoms with Crippen molar-refractivity contribution in [1.82, 2.24) is 10.2 Å². The van der Waals surface area contributed by atoms with Gasteiger partial charge in [-0.25, -0.2) is 13.6 Å². The van der Waals surface area contributed by atoms with Crippen LogP contribution < -0.4 is 10.1 Å². The van der Waals surface area contributed by atoms with Gasteiger partial charge in [-0.2, -0.15) is 4.58 Å². The van der Waals surface area contributed by atoms with Crippen LogP contribution in [0.15, 0.2) is 36.4 Å². The normalized spacial score (nSPS) is 22.9. The quantitative estimate of drug-likeness (QED) is 0.507. The molecule has 2 saturated heterocycles. The fourth-order valence-electron chi connectivity index (χ4n) is 6.01. The average Bonchev–Trinajstić information content (AvgIpc) is 3.39. The summed E-state index contributed by atoms with van der Waals surface area (Å²) in [5, 5.41) is 2.32. The molecule has 4 aliphatic rings. The number of rotatable bonds is 4. The summed E-state index contributed by atoms with van der Waals surface area (Å²) in [7, 11) is 0. The maximum Gasteiger partial charge on any atom is 0.421 e. The van der Waals surface area contributed by atoms with Gasteiger partial charge in [-0.1, -0.05) is 30.3 Å². The molecule has 0 bridgehead atoms. The molecule has 0 aliphatic carbocycles. The van der Waals surface area contributed by atoms with Crippen molar-refractivity contribution in [2.75, 3.05) is 19.7 Å². The van der Waals surface area contributed by atoms with Crippen LogP contribution in [0.3, 0.4) is 0 Å². The van der Waals surface area contributed by atoms with Crippen LogP contribution in [0.2, 0.25) is 0 Å². The number of imide groups is 1. The van der Waals surface area contributed by atoms with Crippen molar-refractivity contribution in [2.45, 2.75) is 56.5 Å². The van der Waals surface area contributed by atoms with Crippen molar-refractivity contribution < 1.29 is 32.5 Å². The van der Waals surface area contributed by atoms with Crippen molar-refractivity contribution in [1.29, 1.82) is 0 Å². The van der Waals surface area contributed by atoms with E-state index in [1.54, 1.807) is 18.3 Å². The van der Waals surface area contributed by atoms with Crippen LogP contribution in [0.4, 0.5) is 8.78 Å². The van der Waals surface area contributed by atoms with Crippen LogP contribution in [0.5, 0.6) is 5.75 Å². The molecule has 1 unspecified atom stereocenters. The molecular formula is C28H28F2N3O4+. The van der Waals surface area contributed by atoms with Gasteiger partial charge in [0.05, 0.1) is 12.2 Å². The summed E-state index contributed by atoms with van der Waals surface area (Å²) in [5.74, 6) is -3.15. The number of ether oxygens (including phenoxy) is 1. The van der Waals surface area contributed by atoms with Crippen LogP contribution in [0, 0.1) is 0 Å². The molecule has 4 heterocycles. The van der Waals surface area contributed by atoms with Gasteiger partial charge < -0.3 is 4.74 Å². The molecule has 0 aromatic heterocycles. The third-order valence-corrected chi connectivity index (χ3v) is 8.22. The Morgan fingerprint density at radius 3 is 2.51 bits per heavy atom. The first-order valence-corrected chi connectivity index (χ1v) is 12.7. The molecule has 6 rings (SSSR count). The van der Waals surface area contributed by atoms with Crippen molar-refractivity contribution in [2.24, 2.45) is 0 Å². The number of likely N-dealkylation sites (tertiary alicyclic amines) is 1. The number of halogens is 2. The number of nitrogens with one attached hydrogen (secondary N) is 1. The third-order valence-electron chi connectivity index (χ3n) is 8.22. The van der Waals surface area contributed by atoms with Crippen LogP contribution in [-0.4, -0.2) is 59.1 Å². The molecule has 0 saturated carbocycles. The van der Waals surface area contributed by atoms with Crippen molar-refractivity contribution in [3.8, 4) is 5.75 Å². The van der Waals surface area contributed by atoms with Crippen molar-refractivity contribution >= 4 is 23.9 Å². The minimum atomic E-state index is -2.84. The van der Waals surface area contributed by atoms with Gasteiger partial charge in [-0.3, -0.25) is 19.8 Å². The van der Waals surface area contributed by atoms with E-state index >= 15 is 0 Å². The average molecular weight is 509 g/mol. The lowest BCUT2D eigenvalue weighted by Crippen LogP contribution is -2.50. The smallest absolute Gasteiger partial charge is 0.421 e. The van der Waals surface area contributed by atoms with Crippen molar-refractivity contribution in [3.05, 3.63) is 64.2 Å². The second-order valence-corrected chi connectivity index (χ2v) is 10.6. The maximum atomic E-state index is 13.5. The summed E-state index contributed by atoms with van der Waals surface area (Å²) in [4.78, 5) is 39.3. The van der Waals surface area contributed by atoms with E-state index in [1.807, 2.05) is 12.1 Å². The number of fused-ring (bicyclic) bond motifs is 4. The van der Waals surface area contributed by atoms with E-state index in [0.29, 0.717) is 36.4 Å².